The highest BCUT2D eigenvalue weighted by atomic mass is 32.2. The molecule has 0 spiro atoms. The van der Waals surface area contributed by atoms with Crippen LogP contribution in [0.1, 0.15) is 33.3 Å². The van der Waals surface area contributed by atoms with Crippen LogP contribution in [0.2, 0.25) is 0 Å². The first-order valence-electron chi connectivity index (χ1n) is 7.66. The summed E-state index contributed by atoms with van der Waals surface area (Å²) < 4.78 is 74.0. The molecule has 0 bridgehead atoms. The third-order valence-corrected chi connectivity index (χ3v) is 5.45. The number of primary amides is 1. The number of nitrogens with two attached hydrogens (primary N) is 1. The van der Waals surface area contributed by atoms with Crippen molar-refractivity contribution in [3.63, 3.8) is 0 Å². The number of allylic oxidation sites excluding steroid dienone is 1. The molecule has 1 amide bonds. The van der Waals surface area contributed by atoms with Gasteiger partial charge in [0, 0.05) is 0 Å². The van der Waals surface area contributed by atoms with Crippen molar-refractivity contribution in [1.29, 1.82) is 0 Å². The number of nitrogens with zero attached hydrogens (tertiary/aromatic N) is 1. The Kier molecular flexibility index (Phi) is 8.55. The van der Waals surface area contributed by atoms with E-state index in [4.69, 9.17) is 4.79 Å². The molecule has 0 aliphatic carbocycles. The second-order valence-corrected chi connectivity index (χ2v) is 7.81. The van der Waals surface area contributed by atoms with Crippen LogP contribution in [0.3, 0.4) is 0 Å². The number of aromatic nitrogens is 1. The molecule has 0 radical (unpaired) electrons. The molecule has 7 nitrogen and oxygen atoms in total. The van der Waals surface area contributed by atoms with E-state index in [2.05, 4.69) is 22.0 Å². The zero-order chi connectivity index (χ0) is 22.2. The number of hydrogen-bond acceptors (Lipinski definition) is 6. The largest absolute Gasteiger partial charge is 0.572 e. The number of rotatable bonds is 6. The van der Waals surface area contributed by atoms with E-state index in [0.29, 0.717) is 0 Å². The molecule has 0 fully saturated rings. The molecule has 0 aliphatic rings. The maximum atomic E-state index is 12.3. The second kappa shape index (κ2) is 10.2. The van der Waals surface area contributed by atoms with Gasteiger partial charge in [-0.15, -0.1) is 24.5 Å². The van der Waals surface area contributed by atoms with Crippen LogP contribution in [0.15, 0.2) is 42.7 Å². The fourth-order valence-corrected chi connectivity index (χ4v) is 4.58. The summed E-state index contributed by atoms with van der Waals surface area (Å²) in [5, 5.41) is -1.46. The Morgan fingerprint density at radius 2 is 1.90 bits per heavy atom. The monoisotopic (exact) mass is 450 g/mol. The third-order valence-electron chi connectivity index (χ3n) is 3.13. The number of amides is 1. The Hall–Kier alpha value is -2.70. The molecular weight excluding hydrogens is 433 g/mol. The average Bonchev–Trinajstić information content (AvgIpc) is 2.95. The number of halogens is 3. The van der Waals surface area contributed by atoms with Gasteiger partial charge in [0.25, 0.3) is 10.1 Å². The van der Waals surface area contributed by atoms with E-state index in [0.717, 1.165) is 24.3 Å². The number of ether oxygens (including phenoxy) is 1. The number of thiazole rings is 1. The fraction of sp³-hybridized carbons (Fsp3) is 0.176. The highest BCUT2D eigenvalue weighted by Crippen LogP contribution is 2.35. The molecule has 1 heterocycles. The Morgan fingerprint density at radius 1 is 1.34 bits per heavy atom. The van der Waals surface area contributed by atoms with Gasteiger partial charge in [0.15, 0.2) is 5.25 Å². The van der Waals surface area contributed by atoms with Crippen LogP contribution in [-0.4, -0.2) is 30.7 Å². The zero-order valence-corrected chi connectivity index (χ0v) is 16.6. The normalized spacial score (nSPS) is 13.1. The van der Waals surface area contributed by atoms with Crippen LogP contribution < -0.4 is 5.73 Å². The van der Waals surface area contributed by atoms with Crippen molar-refractivity contribution < 1.29 is 35.7 Å². The molecule has 1 aromatic heterocycles. The molecule has 1 atom stereocenters. The molecule has 0 aliphatic heterocycles. The summed E-state index contributed by atoms with van der Waals surface area (Å²) in [5.41, 5.74) is 4.62. The summed E-state index contributed by atoms with van der Waals surface area (Å²) in [5.74, 6) is -0.445. The van der Waals surface area contributed by atoms with E-state index in [1.54, 1.807) is 18.2 Å². The lowest BCUT2D eigenvalue weighted by molar-refractivity contribution is -0.304. The molecule has 3 N–H and O–H groups in total. The van der Waals surface area contributed by atoms with Gasteiger partial charge in [0.2, 0.25) is 6.41 Å². The number of benzene rings is 1. The molecule has 158 valence electrons. The highest BCUT2D eigenvalue weighted by molar-refractivity contribution is 7.86. The van der Waals surface area contributed by atoms with Gasteiger partial charge in [-0.3, -0.25) is 9.35 Å². The van der Waals surface area contributed by atoms with Crippen molar-refractivity contribution in [2.24, 2.45) is 5.73 Å². The van der Waals surface area contributed by atoms with E-state index >= 15 is 0 Å². The van der Waals surface area contributed by atoms with Crippen LogP contribution in [0, 0.1) is 0 Å². The van der Waals surface area contributed by atoms with Gasteiger partial charge in [-0.2, -0.15) is 8.42 Å². The lowest BCUT2D eigenvalue weighted by atomic mass is 10.1. The molecular formula is C17H17F3N2O5S2. The summed E-state index contributed by atoms with van der Waals surface area (Å²) >= 11 is 0.823. The van der Waals surface area contributed by atoms with Crippen molar-refractivity contribution in [2.45, 2.75) is 18.5 Å². The van der Waals surface area contributed by atoms with Gasteiger partial charge in [-0.25, -0.2) is 4.98 Å². The van der Waals surface area contributed by atoms with Crippen molar-refractivity contribution in [3.05, 3.63) is 63.8 Å². The molecule has 12 heteroatoms. The molecule has 1 unspecified atom stereocenters. The average molecular weight is 450 g/mol. The fourth-order valence-electron chi connectivity index (χ4n) is 2.19. The first-order chi connectivity index (χ1) is 13.4. The minimum absolute atomic E-state index is 0.000316. The van der Waals surface area contributed by atoms with E-state index < -0.39 is 27.5 Å². The minimum Gasteiger partial charge on any atom is -0.411 e. The Balaban J connectivity index is 0.00000132. The maximum Gasteiger partial charge on any atom is 0.572 e. The Bertz CT molecular complexity index is 971. The van der Waals surface area contributed by atoms with E-state index in [-0.39, 0.29) is 27.6 Å². The SMILES string of the molecule is C=Cc1nc(C(c2ccccc2)S(=O)(=O)O)sc1/C=C(\C)OC(F)(F)F.NC=O. The standard InChI is InChI=1S/C16H14F3NO4S2.CH3NO/c1-3-12-13(9-10(2)24-16(17,18)19)25-15(20-12)14(26(21,22)23)11-7-5-4-6-8-11;2-1-3/h3-9,14H,1H2,2H3,(H,21,22,23);1H,(H2,2,3)/b10-9+;. The molecule has 2 aromatic rings. The lowest BCUT2D eigenvalue weighted by Gasteiger charge is -2.11. The van der Waals surface area contributed by atoms with Crippen LogP contribution in [0.25, 0.3) is 12.2 Å². The number of carbonyl (C=O) groups is 1. The Labute approximate surface area is 169 Å². The van der Waals surface area contributed by atoms with E-state index in [1.807, 2.05) is 0 Å². The first-order valence-corrected chi connectivity index (χ1v) is 9.98. The van der Waals surface area contributed by atoms with Crippen molar-refractivity contribution in [2.75, 3.05) is 0 Å². The Morgan fingerprint density at radius 3 is 2.34 bits per heavy atom. The summed E-state index contributed by atoms with van der Waals surface area (Å²) in [6, 6.07) is 7.87. The number of hydrogen-bond donors (Lipinski definition) is 2. The zero-order valence-electron chi connectivity index (χ0n) is 15.0. The van der Waals surface area contributed by atoms with Crippen LogP contribution >= 0.6 is 11.3 Å². The van der Waals surface area contributed by atoms with Crippen LogP contribution in [0.5, 0.6) is 0 Å². The van der Waals surface area contributed by atoms with Gasteiger partial charge in [0.1, 0.15) is 10.8 Å². The topological polar surface area (TPSA) is 120 Å². The third kappa shape index (κ3) is 7.68. The highest BCUT2D eigenvalue weighted by Gasteiger charge is 2.32. The summed E-state index contributed by atoms with van der Waals surface area (Å²) in [7, 11) is -4.56. The minimum atomic E-state index is -4.84. The summed E-state index contributed by atoms with van der Waals surface area (Å²) in [6.45, 7) is 4.63. The van der Waals surface area contributed by atoms with Crippen molar-refractivity contribution >= 4 is 40.0 Å². The first kappa shape index (κ1) is 24.3. The van der Waals surface area contributed by atoms with Crippen molar-refractivity contribution in [3.8, 4) is 0 Å². The molecule has 0 saturated carbocycles. The molecule has 29 heavy (non-hydrogen) atoms. The van der Waals surface area contributed by atoms with Gasteiger partial charge in [-0.1, -0.05) is 36.9 Å². The predicted molar refractivity (Wildman–Crippen MR) is 103 cm³/mol. The van der Waals surface area contributed by atoms with E-state index in [9.17, 15) is 26.1 Å². The smallest absolute Gasteiger partial charge is 0.411 e. The predicted octanol–water partition coefficient (Wildman–Crippen LogP) is 3.76. The maximum absolute atomic E-state index is 12.3. The van der Waals surface area contributed by atoms with Gasteiger partial charge in [0.05, 0.1) is 10.6 Å². The quantitative estimate of drug-likeness (QED) is 0.393. The molecule has 1 aromatic carbocycles. The molecule has 0 saturated heterocycles. The number of alkyl halides is 3. The number of carbonyl (C=O) groups excluding carboxylic acids is 1. The summed E-state index contributed by atoms with van der Waals surface area (Å²) in [4.78, 5) is 12.9. The summed E-state index contributed by atoms with van der Waals surface area (Å²) in [6.07, 6.45) is -2.24. The van der Waals surface area contributed by atoms with Gasteiger partial charge in [-0.05, 0) is 24.6 Å². The van der Waals surface area contributed by atoms with Gasteiger partial charge < -0.3 is 10.5 Å². The van der Waals surface area contributed by atoms with E-state index in [1.165, 1.54) is 18.2 Å². The van der Waals surface area contributed by atoms with Crippen molar-refractivity contribution in [1.82, 2.24) is 4.98 Å². The second-order valence-electron chi connectivity index (χ2n) is 5.25. The van der Waals surface area contributed by atoms with Gasteiger partial charge >= 0.3 is 6.36 Å². The van der Waals surface area contributed by atoms with Crippen LogP contribution in [-0.2, 0) is 19.6 Å². The van der Waals surface area contributed by atoms with Crippen LogP contribution in [0.4, 0.5) is 13.2 Å². The lowest BCUT2D eigenvalue weighted by Crippen LogP contribution is -2.13. The molecule has 2 rings (SSSR count).